The Balaban J connectivity index is 2.44. The highest BCUT2D eigenvalue weighted by Crippen LogP contribution is 2.15. The molecule has 0 heterocycles. The number of carbonyl (C=O) groups is 1. The molecule has 1 amide bonds. The number of nitriles is 1. The molecule has 0 saturated heterocycles. The number of rotatable bonds is 6. The molecule has 0 aliphatic heterocycles. The standard InChI is InChI=1S/C15H21N3O/c1-11(2)6-7-17-15(19)10-18-14-8-13(9-16)5-4-12(14)3/h4-5,8,11,18H,6-7,10H2,1-3H3,(H,17,19). The molecule has 4 nitrogen and oxygen atoms in total. The molecule has 0 aliphatic carbocycles. The van der Waals surface area contributed by atoms with Crippen LogP contribution in [0.5, 0.6) is 0 Å². The van der Waals surface area contributed by atoms with Gasteiger partial charge in [0.2, 0.25) is 5.91 Å². The lowest BCUT2D eigenvalue weighted by molar-refractivity contribution is -0.119. The van der Waals surface area contributed by atoms with E-state index < -0.39 is 0 Å². The number of amides is 1. The van der Waals surface area contributed by atoms with Crippen molar-refractivity contribution in [2.75, 3.05) is 18.4 Å². The Morgan fingerprint density at radius 3 is 2.79 bits per heavy atom. The highest BCUT2D eigenvalue weighted by molar-refractivity contribution is 5.81. The Morgan fingerprint density at radius 1 is 1.42 bits per heavy atom. The highest BCUT2D eigenvalue weighted by Gasteiger charge is 2.04. The van der Waals surface area contributed by atoms with Gasteiger partial charge in [-0.3, -0.25) is 4.79 Å². The number of hydrogen-bond acceptors (Lipinski definition) is 3. The smallest absolute Gasteiger partial charge is 0.239 e. The molecule has 1 aromatic rings. The van der Waals surface area contributed by atoms with E-state index >= 15 is 0 Å². The number of nitrogens with one attached hydrogen (secondary N) is 2. The normalized spacial score (nSPS) is 10.1. The van der Waals surface area contributed by atoms with Crippen molar-refractivity contribution in [2.24, 2.45) is 5.92 Å². The van der Waals surface area contributed by atoms with Gasteiger partial charge in [0, 0.05) is 12.2 Å². The summed E-state index contributed by atoms with van der Waals surface area (Å²) < 4.78 is 0. The zero-order valence-corrected chi connectivity index (χ0v) is 11.8. The van der Waals surface area contributed by atoms with Crippen molar-refractivity contribution in [2.45, 2.75) is 27.2 Å². The number of nitrogens with zero attached hydrogens (tertiary/aromatic N) is 1. The molecule has 2 N–H and O–H groups in total. The van der Waals surface area contributed by atoms with Gasteiger partial charge in [-0.25, -0.2) is 0 Å². The van der Waals surface area contributed by atoms with Gasteiger partial charge in [0.25, 0.3) is 0 Å². The second-order valence-corrected chi connectivity index (χ2v) is 5.03. The Labute approximate surface area is 114 Å². The van der Waals surface area contributed by atoms with Crippen LogP contribution in [0.1, 0.15) is 31.4 Å². The van der Waals surface area contributed by atoms with E-state index in [1.807, 2.05) is 13.0 Å². The van der Waals surface area contributed by atoms with Crippen LogP contribution in [0.4, 0.5) is 5.69 Å². The second-order valence-electron chi connectivity index (χ2n) is 5.03. The average molecular weight is 259 g/mol. The molecule has 1 rings (SSSR count). The van der Waals surface area contributed by atoms with Crippen LogP contribution in [0.3, 0.4) is 0 Å². The van der Waals surface area contributed by atoms with Crippen LogP contribution in [0.25, 0.3) is 0 Å². The molecule has 0 atom stereocenters. The molecular weight excluding hydrogens is 238 g/mol. The van der Waals surface area contributed by atoms with E-state index in [4.69, 9.17) is 5.26 Å². The summed E-state index contributed by atoms with van der Waals surface area (Å²) in [7, 11) is 0. The maximum Gasteiger partial charge on any atom is 0.239 e. The van der Waals surface area contributed by atoms with Crippen molar-refractivity contribution < 1.29 is 4.79 Å². The lowest BCUT2D eigenvalue weighted by Crippen LogP contribution is -2.31. The van der Waals surface area contributed by atoms with Crippen molar-refractivity contribution in [3.8, 4) is 6.07 Å². The van der Waals surface area contributed by atoms with E-state index in [0.29, 0.717) is 18.0 Å². The van der Waals surface area contributed by atoms with E-state index in [-0.39, 0.29) is 12.5 Å². The molecule has 0 spiro atoms. The fourth-order valence-electron chi connectivity index (χ4n) is 1.62. The fraction of sp³-hybridized carbons (Fsp3) is 0.467. The monoisotopic (exact) mass is 259 g/mol. The summed E-state index contributed by atoms with van der Waals surface area (Å²) in [6.45, 7) is 7.13. The topological polar surface area (TPSA) is 64.9 Å². The van der Waals surface area contributed by atoms with Crippen molar-refractivity contribution in [3.05, 3.63) is 29.3 Å². The van der Waals surface area contributed by atoms with Gasteiger partial charge in [0.1, 0.15) is 0 Å². The van der Waals surface area contributed by atoms with Crippen molar-refractivity contribution in [1.29, 1.82) is 5.26 Å². The number of anilines is 1. The summed E-state index contributed by atoms with van der Waals surface area (Å²) in [6.07, 6.45) is 0.981. The predicted molar refractivity (Wildman–Crippen MR) is 76.8 cm³/mol. The summed E-state index contributed by atoms with van der Waals surface area (Å²) in [4.78, 5) is 11.6. The van der Waals surface area contributed by atoms with Crippen molar-refractivity contribution in [1.82, 2.24) is 5.32 Å². The van der Waals surface area contributed by atoms with Crippen LogP contribution in [0, 0.1) is 24.2 Å². The van der Waals surface area contributed by atoms with Crippen LogP contribution < -0.4 is 10.6 Å². The Bertz CT molecular complexity index is 475. The minimum atomic E-state index is -0.0255. The lowest BCUT2D eigenvalue weighted by atomic mass is 10.1. The summed E-state index contributed by atoms with van der Waals surface area (Å²) in [5.74, 6) is 0.560. The van der Waals surface area contributed by atoms with Gasteiger partial charge in [-0.05, 0) is 37.0 Å². The third-order valence-corrected chi connectivity index (χ3v) is 2.85. The minimum absolute atomic E-state index is 0.0255. The zero-order valence-electron chi connectivity index (χ0n) is 11.8. The van der Waals surface area contributed by atoms with Gasteiger partial charge in [-0.1, -0.05) is 19.9 Å². The SMILES string of the molecule is Cc1ccc(C#N)cc1NCC(=O)NCCC(C)C. The van der Waals surface area contributed by atoms with Crippen molar-refractivity contribution >= 4 is 11.6 Å². The third-order valence-electron chi connectivity index (χ3n) is 2.85. The molecular formula is C15H21N3O. The van der Waals surface area contributed by atoms with Gasteiger partial charge in [-0.15, -0.1) is 0 Å². The summed E-state index contributed by atoms with van der Waals surface area (Å²) in [5.41, 5.74) is 2.44. The summed E-state index contributed by atoms with van der Waals surface area (Å²) in [6, 6.07) is 7.49. The molecule has 19 heavy (non-hydrogen) atoms. The Kier molecular flexibility index (Phi) is 5.87. The van der Waals surface area contributed by atoms with Gasteiger partial charge in [0.15, 0.2) is 0 Å². The maximum absolute atomic E-state index is 11.6. The van der Waals surface area contributed by atoms with Crippen molar-refractivity contribution in [3.63, 3.8) is 0 Å². The third kappa shape index (κ3) is 5.43. The van der Waals surface area contributed by atoms with Crippen LogP contribution in [0.15, 0.2) is 18.2 Å². The summed E-state index contributed by atoms with van der Waals surface area (Å²) >= 11 is 0. The number of carbonyl (C=O) groups excluding carboxylic acids is 1. The number of aryl methyl sites for hydroxylation is 1. The fourth-order valence-corrected chi connectivity index (χ4v) is 1.62. The Hall–Kier alpha value is -2.02. The van der Waals surface area contributed by atoms with Crippen LogP contribution >= 0.6 is 0 Å². The van der Waals surface area contributed by atoms with Gasteiger partial charge in [0.05, 0.1) is 18.2 Å². The Morgan fingerprint density at radius 2 is 2.16 bits per heavy atom. The quantitative estimate of drug-likeness (QED) is 0.824. The van der Waals surface area contributed by atoms with Crippen LogP contribution in [-0.4, -0.2) is 19.0 Å². The van der Waals surface area contributed by atoms with Gasteiger partial charge >= 0.3 is 0 Å². The molecule has 0 bridgehead atoms. The molecule has 0 saturated carbocycles. The summed E-state index contributed by atoms with van der Waals surface area (Å²) in [5, 5.41) is 14.8. The first kappa shape index (κ1) is 15.0. The van der Waals surface area contributed by atoms with E-state index in [1.54, 1.807) is 12.1 Å². The first-order valence-corrected chi connectivity index (χ1v) is 6.54. The maximum atomic E-state index is 11.6. The average Bonchev–Trinajstić information content (AvgIpc) is 2.37. The van der Waals surface area contributed by atoms with Gasteiger partial charge in [-0.2, -0.15) is 5.26 Å². The van der Waals surface area contributed by atoms with E-state index in [1.165, 1.54) is 0 Å². The molecule has 0 aliphatic rings. The molecule has 0 aromatic heterocycles. The second kappa shape index (κ2) is 7.42. The lowest BCUT2D eigenvalue weighted by Gasteiger charge is -2.11. The molecule has 102 valence electrons. The van der Waals surface area contributed by atoms with Crippen LogP contribution in [0.2, 0.25) is 0 Å². The van der Waals surface area contributed by atoms with E-state index in [2.05, 4.69) is 30.6 Å². The predicted octanol–water partition coefficient (Wildman–Crippen LogP) is 2.44. The largest absolute Gasteiger partial charge is 0.376 e. The molecule has 0 fully saturated rings. The molecule has 4 heteroatoms. The zero-order chi connectivity index (χ0) is 14.3. The molecule has 0 unspecified atom stereocenters. The highest BCUT2D eigenvalue weighted by atomic mass is 16.1. The molecule has 1 aromatic carbocycles. The first-order valence-electron chi connectivity index (χ1n) is 6.54. The van der Waals surface area contributed by atoms with E-state index in [9.17, 15) is 4.79 Å². The number of hydrogen-bond donors (Lipinski definition) is 2. The van der Waals surface area contributed by atoms with Crippen LogP contribution in [-0.2, 0) is 4.79 Å². The number of benzene rings is 1. The van der Waals surface area contributed by atoms with Gasteiger partial charge < -0.3 is 10.6 Å². The first-order chi connectivity index (χ1) is 9.02. The minimum Gasteiger partial charge on any atom is -0.376 e. The van der Waals surface area contributed by atoms with E-state index in [0.717, 1.165) is 17.7 Å². The molecule has 0 radical (unpaired) electrons.